The molecule has 1 amide bonds. The van der Waals surface area contributed by atoms with Gasteiger partial charge >= 0.3 is 0 Å². The number of hydrogen-bond acceptors (Lipinski definition) is 2. The molecule has 24 heavy (non-hydrogen) atoms. The quantitative estimate of drug-likeness (QED) is 0.718. The third-order valence-corrected chi connectivity index (χ3v) is 4.30. The molecule has 3 aromatic carbocycles. The van der Waals surface area contributed by atoms with Crippen LogP contribution in [0.3, 0.4) is 0 Å². The van der Waals surface area contributed by atoms with Crippen LogP contribution in [0.1, 0.15) is 18.1 Å². The summed E-state index contributed by atoms with van der Waals surface area (Å²) in [4.78, 5) is 12.4. The zero-order chi connectivity index (χ0) is 17.1. The Labute approximate surface area is 142 Å². The number of hydrogen-bond donors (Lipinski definition) is 2. The Morgan fingerprint density at radius 1 is 0.833 bits per heavy atom. The maximum Gasteiger partial charge on any atom is 0.246 e. The summed E-state index contributed by atoms with van der Waals surface area (Å²) in [5.74, 6) is -0.0523. The highest BCUT2D eigenvalue weighted by Crippen LogP contribution is 2.19. The van der Waals surface area contributed by atoms with E-state index in [4.69, 9.17) is 0 Å². The Morgan fingerprint density at radius 2 is 1.54 bits per heavy atom. The molecule has 0 heterocycles. The van der Waals surface area contributed by atoms with Gasteiger partial charge in [0.15, 0.2) is 0 Å². The van der Waals surface area contributed by atoms with Crippen molar-refractivity contribution in [1.82, 2.24) is 0 Å². The van der Waals surface area contributed by atoms with Crippen LogP contribution in [0.4, 0.5) is 11.4 Å². The predicted octanol–water partition coefficient (Wildman–Crippen LogP) is 4.90. The van der Waals surface area contributed by atoms with E-state index in [9.17, 15) is 4.79 Å². The Kier molecular flexibility index (Phi) is 4.52. The number of aryl methyl sites for hydroxylation is 2. The Hall–Kier alpha value is -2.81. The summed E-state index contributed by atoms with van der Waals surface area (Å²) >= 11 is 0. The molecule has 1 atom stereocenters. The molecule has 0 saturated heterocycles. The van der Waals surface area contributed by atoms with E-state index in [1.54, 1.807) is 0 Å². The van der Waals surface area contributed by atoms with Crippen LogP contribution >= 0.6 is 0 Å². The molecule has 1 unspecified atom stereocenters. The number of amides is 1. The van der Waals surface area contributed by atoms with Gasteiger partial charge in [0.25, 0.3) is 0 Å². The van der Waals surface area contributed by atoms with E-state index in [2.05, 4.69) is 42.7 Å². The van der Waals surface area contributed by atoms with E-state index in [1.165, 1.54) is 11.1 Å². The van der Waals surface area contributed by atoms with Crippen LogP contribution in [0.15, 0.2) is 60.7 Å². The highest BCUT2D eigenvalue weighted by atomic mass is 16.2. The minimum absolute atomic E-state index is 0.0523. The number of fused-ring (bicyclic) bond motifs is 1. The molecule has 3 aromatic rings. The lowest BCUT2D eigenvalue weighted by Gasteiger charge is -2.16. The molecular weight excluding hydrogens is 296 g/mol. The van der Waals surface area contributed by atoms with Crippen LogP contribution in [-0.4, -0.2) is 11.9 Å². The average Bonchev–Trinajstić information content (AvgIpc) is 2.58. The van der Waals surface area contributed by atoms with Crippen molar-refractivity contribution in [3.8, 4) is 0 Å². The van der Waals surface area contributed by atoms with E-state index in [1.807, 2.05) is 49.4 Å². The normalized spacial score (nSPS) is 12.0. The summed E-state index contributed by atoms with van der Waals surface area (Å²) in [5.41, 5.74) is 4.22. The number of nitrogens with one attached hydrogen (secondary N) is 2. The monoisotopic (exact) mass is 318 g/mol. The molecule has 3 nitrogen and oxygen atoms in total. The third-order valence-electron chi connectivity index (χ3n) is 4.30. The summed E-state index contributed by atoms with van der Waals surface area (Å²) in [6.07, 6.45) is 0. The number of carbonyl (C=O) groups excluding carboxylic acids is 1. The molecule has 0 radical (unpaired) electrons. The molecular formula is C21H22N2O. The predicted molar refractivity (Wildman–Crippen MR) is 102 cm³/mol. The van der Waals surface area contributed by atoms with E-state index in [0.29, 0.717) is 0 Å². The van der Waals surface area contributed by atoms with Gasteiger partial charge in [-0.3, -0.25) is 4.79 Å². The molecule has 0 aromatic heterocycles. The Morgan fingerprint density at radius 3 is 2.29 bits per heavy atom. The highest BCUT2D eigenvalue weighted by Gasteiger charge is 2.13. The van der Waals surface area contributed by atoms with E-state index >= 15 is 0 Å². The second kappa shape index (κ2) is 6.75. The van der Waals surface area contributed by atoms with Crippen LogP contribution in [-0.2, 0) is 4.79 Å². The third kappa shape index (κ3) is 3.57. The molecule has 2 N–H and O–H groups in total. The maximum atomic E-state index is 12.4. The second-order valence-corrected chi connectivity index (χ2v) is 6.22. The lowest BCUT2D eigenvalue weighted by molar-refractivity contribution is -0.116. The Bertz CT molecular complexity index is 886. The molecule has 0 aliphatic rings. The van der Waals surface area contributed by atoms with Crippen molar-refractivity contribution in [2.24, 2.45) is 0 Å². The van der Waals surface area contributed by atoms with Crippen LogP contribution in [0.2, 0.25) is 0 Å². The fraction of sp³-hybridized carbons (Fsp3) is 0.190. The lowest BCUT2D eigenvalue weighted by atomic mass is 10.1. The minimum Gasteiger partial charge on any atom is -0.374 e. The molecule has 3 heteroatoms. The first-order valence-electron chi connectivity index (χ1n) is 8.16. The summed E-state index contributed by atoms with van der Waals surface area (Å²) in [6, 6.07) is 19.9. The van der Waals surface area contributed by atoms with Gasteiger partial charge < -0.3 is 10.6 Å². The maximum absolute atomic E-state index is 12.4. The first kappa shape index (κ1) is 16.1. The molecule has 0 aliphatic carbocycles. The standard InChI is InChI=1S/C21H22N2O/c1-14-8-10-19(12-15(14)2)22-16(3)21(24)23-20-11-9-17-6-4-5-7-18(17)13-20/h4-13,16,22H,1-3H3,(H,23,24). The molecule has 0 saturated carbocycles. The largest absolute Gasteiger partial charge is 0.374 e. The van der Waals surface area contributed by atoms with Crippen molar-refractivity contribution < 1.29 is 4.79 Å². The molecule has 0 spiro atoms. The molecule has 0 aliphatic heterocycles. The highest BCUT2D eigenvalue weighted by molar-refractivity contribution is 5.98. The zero-order valence-electron chi connectivity index (χ0n) is 14.3. The van der Waals surface area contributed by atoms with Crippen molar-refractivity contribution in [2.75, 3.05) is 10.6 Å². The summed E-state index contributed by atoms with van der Waals surface area (Å²) in [5, 5.41) is 8.51. The van der Waals surface area contributed by atoms with Crippen molar-refractivity contribution >= 4 is 28.1 Å². The fourth-order valence-electron chi connectivity index (χ4n) is 2.66. The van der Waals surface area contributed by atoms with E-state index in [-0.39, 0.29) is 11.9 Å². The first-order valence-corrected chi connectivity index (χ1v) is 8.16. The molecule has 0 fully saturated rings. The van der Waals surface area contributed by atoms with Gasteiger partial charge in [0.05, 0.1) is 0 Å². The zero-order valence-corrected chi connectivity index (χ0v) is 14.3. The van der Waals surface area contributed by atoms with Crippen LogP contribution < -0.4 is 10.6 Å². The van der Waals surface area contributed by atoms with Crippen molar-refractivity contribution in [3.63, 3.8) is 0 Å². The van der Waals surface area contributed by atoms with Crippen LogP contribution in [0, 0.1) is 13.8 Å². The minimum atomic E-state index is -0.321. The smallest absolute Gasteiger partial charge is 0.246 e. The second-order valence-electron chi connectivity index (χ2n) is 6.22. The van der Waals surface area contributed by atoms with Gasteiger partial charge in [-0.05, 0) is 66.9 Å². The van der Waals surface area contributed by atoms with Crippen molar-refractivity contribution in [1.29, 1.82) is 0 Å². The van der Waals surface area contributed by atoms with Crippen LogP contribution in [0.5, 0.6) is 0 Å². The van der Waals surface area contributed by atoms with Gasteiger partial charge in [0.2, 0.25) is 5.91 Å². The van der Waals surface area contributed by atoms with Gasteiger partial charge in [0.1, 0.15) is 6.04 Å². The molecule has 122 valence electrons. The number of anilines is 2. The Balaban J connectivity index is 1.69. The average molecular weight is 318 g/mol. The van der Waals surface area contributed by atoms with E-state index in [0.717, 1.165) is 22.1 Å². The van der Waals surface area contributed by atoms with Crippen molar-refractivity contribution in [2.45, 2.75) is 26.8 Å². The summed E-state index contributed by atoms with van der Waals surface area (Å²) in [7, 11) is 0. The molecule has 3 rings (SSSR count). The van der Waals surface area contributed by atoms with Crippen LogP contribution in [0.25, 0.3) is 10.8 Å². The number of rotatable bonds is 4. The summed E-state index contributed by atoms with van der Waals surface area (Å²) in [6.45, 7) is 6.01. The van der Waals surface area contributed by atoms with Gasteiger partial charge in [-0.1, -0.05) is 36.4 Å². The van der Waals surface area contributed by atoms with Gasteiger partial charge in [0, 0.05) is 11.4 Å². The van der Waals surface area contributed by atoms with Gasteiger partial charge in [-0.25, -0.2) is 0 Å². The fourth-order valence-corrected chi connectivity index (χ4v) is 2.66. The SMILES string of the molecule is Cc1ccc(NC(C)C(=O)Nc2ccc3ccccc3c2)cc1C. The molecule has 0 bridgehead atoms. The lowest BCUT2D eigenvalue weighted by Crippen LogP contribution is -2.31. The van der Waals surface area contributed by atoms with Gasteiger partial charge in [-0.15, -0.1) is 0 Å². The first-order chi connectivity index (χ1) is 11.5. The van der Waals surface area contributed by atoms with Gasteiger partial charge in [-0.2, -0.15) is 0 Å². The summed E-state index contributed by atoms with van der Waals surface area (Å²) < 4.78 is 0. The number of carbonyl (C=O) groups is 1. The number of benzene rings is 3. The van der Waals surface area contributed by atoms with Crippen molar-refractivity contribution in [3.05, 3.63) is 71.8 Å². The topological polar surface area (TPSA) is 41.1 Å². The van der Waals surface area contributed by atoms with E-state index < -0.39 is 0 Å².